The number of hydrogen-bond donors (Lipinski definition) is 2. The number of benzene rings is 1. The molecule has 0 spiro atoms. The van der Waals surface area contributed by atoms with Crippen molar-refractivity contribution in [2.45, 2.75) is 13.3 Å². The summed E-state index contributed by atoms with van der Waals surface area (Å²) >= 11 is 1.40. The Labute approximate surface area is 122 Å². The van der Waals surface area contributed by atoms with E-state index < -0.39 is 0 Å². The van der Waals surface area contributed by atoms with E-state index in [1.807, 2.05) is 31.2 Å². The fourth-order valence-corrected chi connectivity index (χ4v) is 2.27. The highest BCUT2D eigenvalue weighted by Crippen LogP contribution is 2.22. The molecule has 106 valence electrons. The highest BCUT2D eigenvalue weighted by atomic mass is 32.1. The van der Waals surface area contributed by atoms with E-state index in [4.69, 9.17) is 4.74 Å². The summed E-state index contributed by atoms with van der Waals surface area (Å²) in [6.45, 7) is 2.68. The molecular weight excluding hydrogens is 274 g/mol. The van der Waals surface area contributed by atoms with Crippen LogP contribution in [0.5, 0.6) is 5.75 Å². The highest BCUT2D eigenvalue weighted by molar-refractivity contribution is 7.14. The lowest BCUT2D eigenvalue weighted by atomic mass is 10.3. The molecule has 1 aromatic carbocycles. The Morgan fingerprint density at radius 1 is 1.35 bits per heavy atom. The summed E-state index contributed by atoms with van der Waals surface area (Å²) in [6, 6.07) is 7.53. The first-order chi connectivity index (χ1) is 9.72. The summed E-state index contributed by atoms with van der Waals surface area (Å²) in [4.78, 5) is 16.0. The quantitative estimate of drug-likeness (QED) is 0.858. The van der Waals surface area contributed by atoms with Crippen LogP contribution in [-0.2, 0) is 0 Å². The monoisotopic (exact) mass is 291 g/mol. The Bertz CT molecular complexity index is 566. The van der Waals surface area contributed by atoms with Crippen LogP contribution in [0.3, 0.4) is 0 Å². The summed E-state index contributed by atoms with van der Waals surface area (Å²) in [6.07, 6.45) is 0.910. The molecule has 2 aromatic rings. The molecule has 0 aliphatic carbocycles. The number of carbonyl (C=O) groups excluding carboxylic acids is 1. The van der Waals surface area contributed by atoms with Gasteiger partial charge in [0.2, 0.25) is 0 Å². The lowest BCUT2D eigenvalue weighted by Gasteiger charge is -2.04. The molecule has 0 bridgehead atoms. The molecule has 20 heavy (non-hydrogen) atoms. The maximum absolute atomic E-state index is 11.7. The normalized spacial score (nSPS) is 10.1. The van der Waals surface area contributed by atoms with Gasteiger partial charge >= 0.3 is 0 Å². The Kier molecular flexibility index (Phi) is 4.95. The van der Waals surface area contributed by atoms with E-state index in [0.29, 0.717) is 17.4 Å². The number of ether oxygens (including phenoxy) is 1. The van der Waals surface area contributed by atoms with Gasteiger partial charge in [0, 0.05) is 17.6 Å². The van der Waals surface area contributed by atoms with Crippen molar-refractivity contribution in [3.05, 3.63) is 35.3 Å². The third-order valence-corrected chi connectivity index (χ3v) is 3.37. The van der Waals surface area contributed by atoms with E-state index in [0.717, 1.165) is 17.9 Å². The zero-order valence-corrected chi connectivity index (χ0v) is 12.3. The van der Waals surface area contributed by atoms with Gasteiger partial charge in [-0.1, -0.05) is 6.92 Å². The van der Waals surface area contributed by atoms with Crippen molar-refractivity contribution < 1.29 is 9.53 Å². The van der Waals surface area contributed by atoms with Gasteiger partial charge in [0.15, 0.2) is 5.13 Å². The average molecular weight is 291 g/mol. The minimum atomic E-state index is -0.133. The minimum absolute atomic E-state index is 0.133. The van der Waals surface area contributed by atoms with Gasteiger partial charge in [-0.25, -0.2) is 4.98 Å². The molecular formula is C14H17N3O2S. The van der Waals surface area contributed by atoms with Crippen molar-refractivity contribution in [2.75, 3.05) is 19.0 Å². The highest BCUT2D eigenvalue weighted by Gasteiger charge is 2.09. The van der Waals surface area contributed by atoms with Gasteiger partial charge in [0.1, 0.15) is 11.4 Å². The summed E-state index contributed by atoms with van der Waals surface area (Å²) < 4.78 is 5.10. The molecule has 2 N–H and O–H groups in total. The van der Waals surface area contributed by atoms with Gasteiger partial charge < -0.3 is 15.4 Å². The van der Waals surface area contributed by atoms with Gasteiger partial charge in [-0.05, 0) is 30.7 Å². The molecule has 0 unspecified atom stereocenters. The van der Waals surface area contributed by atoms with E-state index in [1.54, 1.807) is 12.5 Å². The molecule has 5 nitrogen and oxygen atoms in total. The van der Waals surface area contributed by atoms with Crippen LogP contribution in [0, 0.1) is 0 Å². The van der Waals surface area contributed by atoms with Crippen LogP contribution in [0.1, 0.15) is 23.8 Å². The molecule has 0 atom stereocenters. The SMILES string of the molecule is CCCNC(=O)c1csc(Nc2ccc(OC)cc2)n1. The number of thiazole rings is 1. The van der Waals surface area contributed by atoms with Crippen molar-refractivity contribution in [1.82, 2.24) is 10.3 Å². The fraction of sp³-hybridized carbons (Fsp3) is 0.286. The van der Waals surface area contributed by atoms with Crippen LogP contribution in [0.4, 0.5) is 10.8 Å². The third kappa shape index (κ3) is 3.71. The maximum atomic E-state index is 11.7. The largest absolute Gasteiger partial charge is 0.497 e. The van der Waals surface area contributed by atoms with E-state index in [1.165, 1.54) is 11.3 Å². The second-order valence-electron chi connectivity index (χ2n) is 4.15. The van der Waals surface area contributed by atoms with Crippen molar-refractivity contribution in [3.63, 3.8) is 0 Å². The summed E-state index contributed by atoms with van der Waals surface area (Å²) in [7, 11) is 1.63. The third-order valence-electron chi connectivity index (χ3n) is 2.61. The number of nitrogens with one attached hydrogen (secondary N) is 2. The lowest BCUT2D eigenvalue weighted by molar-refractivity contribution is 0.0949. The second-order valence-corrected chi connectivity index (χ2v) is 5.01. The van der Waals surface area contributed by atoms with Crippen LogP contribution < -0.4 is 15.4 Å². The second kappa shape index (κ2) is 6.91. The van der Waals surface area contributed by atoms with Crippen molar-refractivity contribution in [3.8, 4) is 5.75 Å². The molecule has 0 fully saturated rings. The molecule has 2 rings (SSSR count). The molecule has 0 saturated heterocycles. The maximum Gasteiger partial charge on any atom is 0.270 e. The van der Waals surface area contributed by atoms with E-state index in [2.05, 4.69) is 15.6 Å². The van der Waals surface area contributed by atoms with E-state index >= 15 is 0 Å². The molecule has 0 aliphatic rings. The van der Waals surface area contributed by atoms with Gasteiger partial charge in [-0.2, -0.15) is 0 Å². The van der Waals surface area contributed by atoms with Gasteiger partial charge in [-0.15, -0.1) is 11.3 Å². The van der Waals surface area contributed by atoms with E-state index in [-0.39, 0.29) is 5.91 Å². The number of anilines is 2. The number of carbonyl (C=O) groups is 1. The Hall–Kier alpha value is -2.08. The van der Waals surface area contributed by atoms with Crippen LogP contribution in [-0.4, -0.2) is 24.5 Å². The van der Waals surface area contributed by atoms with Crippen LogP contribution in [0.2, 0.25) is 0 Å². The zero-order chi connectivity index (χ0) is 14.4. The molecule has 6 heteroatoms. The first-order valence-electron chi connectivity index (χ1n) is 6.37. The summed E-state index contributed by atoms with van der Waals surface area (Å²) in [5.74, 6) is 0.667. The number of methoxy groups -OCH3 is 1. The lowest BCUT2D eigenvalue weighted by Crippen LogP contribution is -2.24. The number of amides is 1. The van der Waals surface area contributed by atoms with Gasteiger partial charge in [-0.3, -0.25) is 4.79 Å². The zero-order valence-electron chi connectivity index (χ0n) is 11.5. The van der Waals surface area contributed by atoms with Crippen molar-refractivity contribution in [1.29, 1.82) is 0 Å². The first kappa shape index (κ1) is 14.3. The number of rotatable bonds is 6. The molecule has 1 heterocycles. The standard InChI is InChI=1S/C14H17N3O2S/c1-3-8-15-13(18)12-9-20-14(17-12)16-10-4-6-11(19-2)7-5-10/h4-7,9H,3,8H2,1-2H3,(H,15,18)(H,16,17). The van der Waals surface area contributed by atoms with Crippen molar-refractivity contribution >= 4 is 28.1 Å². The average Bonchev–Trinajstić information content (AvgIpc) is 2.94. The Morgan fingerprint density at radius 3 is 2.75 bits per heavy atom. The topological polar surface area (TPSA) is 63.2 Å². The molecule has 0 saturated carbocycles. The van der Waals surface area contributed by atoms with E-state index in [9.17, 15) is 4.79 Å². The van der Waals surface area contributed by atoms with Gasteiger partial charge in [0.25, 0.3) is 5.91 Å². The predicted molar refractivity (Wildman–Crippen MR) is 81.0 cm³/mol. The molecule has 0 aliphatic heterocycles. The molecule has 1 aromatic heterocycles. The fourth-order valence-electron chi connectivity index (χ4n) is 1.56. The molecule has 1 amide bonds. The first-order valence-corrected chi connectivity index (χ1v) is 7.25. The Morgan fingerprint density at radius 2 is 2.10 bits per heavy atom. The van der Waals surface area contributed by atoms with Crippen LogP contribution >= 0.6 is 11.3 Å². The number of aromatic nitrogens is 1. The van der Waals surface area contributed by atoms with Crippen LogP contribution in [0.25, 0.3) is 0 Å². The smallest absolute Gasteiger partial charge is 0.270 e. The number of hydrogen-bond acceptors (Lipinski definition) is 5. The predicted octanol–water partition coefficient (Wildman–Crippen LogP) is 3.04. The van der Waals surface area contributed by atoms with Crippen molar-refractivity contribution in [2.24, 2.45) is 0 Å². The summed E-state index contributed by atoms with van der Waals surface area (Å²) in [5, 5.41) is 8.40. The minimum Gasteiger partial charge on any atom is -0.497 e. The summed E-state index contributed by atoms with van der Waals surface area (Å²) in [5.41, 5.74) is 1.35. The van der Waals surface area contributed by atoms with Crippen LogP contribution in [0.15, 0.2) is 29.6 Å². The molecule has 0 radical (unpaired) electrons. The Balaban J connectivity index is 1.99. The van der Waals surface area contributed by atoms with Gasteiger partial charge in [0.05, 0.1) is 7.11 Å². The number of nitrogens with zero attached hydrogens (tertiary/aromatic N) is 1.